The zero-order valence-corrected chi connectivity index (χ0v) is 10.7. The van der Waals surface area contributed by atoms with Crippen molar-refractivity contribution in [3.05, 3.63) is 54.4 Å². The summed E-state index contributed by atoms with van der Waals surface area (Å²) in [6.07, 6.45) is 0. The molecule has 4 nitrogen and oxygen atoms in total. The summed E-state index contributed by atoms with van der Waals surface area (Å²) < 4.78 is 7.48. The third kappa shape index (κ3) is 1.86. The molecule has 96 valence electrons. The average molecular weight is 253 g/mol. The molecule has 19 heavy (non-hydrogen) atoms. The van der Waals surface area contributed by atoms with E-state index in [1.807, 2.05) is 53.1 Å². The molecule has 0 unspecified atom stereocenters. The van der Waals surface area contributed by atoms with Crippen molar-refractivity contribution in [2.75, 3.05) is 7.11 Å². The Morgan fingerprint density at radius 1 is 1.11 bits per heavy atom. The van der Waals surface area contributed by atoms with Crippen molar-refractivity contribution in [2.24, 2.45) is 5.73 Å². The van der Waals surface area contributed by atoms with Crippen LogP contribution < -0.4 is 10.5 Å². The molecule has 0 radical (unpaired) electrons. The third-order valence-electron chi connectivity index (χ3n) is 3.14. The fourth-order valence-electron chi connectivity index (χ4n) is 2.30. The first kappa shape index (κ1) is 11.7. The van der Waals surface area contributed by atoms with Crippen LogP contribution in [0.3, 0.4) is 0 Å². The number of rotatable bonds is 3. The van der Waals surface area contributed by atoms with Gasteiger partial charge in [-0.05, 0) is 24.3 Å². The molecule has 2 aromatic carbocycles. The molecule has 0 aliphatic heterocycles. The van der Waals surface area contributed by atoms with Crippen LogP contribution in [-0.4, -0.2) is 16.7 Å². The largest absolute Gasteiger partial charge is 0.495 e. The molecule has 0 amide bonds. The van der Waals surface area contributed by atoms with Gasteiger partial charge in [-0.15, -0.1) is 0 Å². The number of fused-ring (bicyclic) bond motifs is 1. The second kappa shape index (κ2) is 4.74. The van der Waals surface area contributed by atoms with Gasteiger partial charge in [0.15, 0.2) is 0 Å². The van der Waals surface area contributed by atoms with Crippen LogP contribution in [0.5, 0.6) is 5.75 Å². The number of para-hydroxylation sites is 4. The normalized spacial score (nSPS) is 10.8. The molecule has 3 rings (SSSR count). The van der Waals surface area contributed by atoms with E-state index in [4.69, 9.17) is 10.5 Å². The number of hydrogen-bond donors (Lipinski definition) is 1. The molecule has 4 heteroatoms. The number of nitrogens with zero attached hydrogens (tertiary/aromatic N) is 2. The van der Waals surface area contributed by atoms with E-state index >= 15 is 0 Å². The Balaban J connectivity index is 2.34. The summed E-state index contributed by atoms with van der Waals surface area (Å²) in [6, 6.07) is 15.9. The number of methoxy groups -OCH3 is 1. The van der Waals surface area contributed by atoms with Crippen LogP contribution in [0.25, 0.3) is 16.7 Å². The lowest BCUT2D eigenvalue weighted by Gasteiger charge is -2.12. The van der Waals surface area contributed by atoms with E-state index in [0.29, 0.717) is 6.54 Å². The second-order valence-electron chi connectivity index (χ2n) is 4.23. The molecule has 2 N–H and O–H groups in total. The van der Waals surface area contributed by atoms with Crippen LogP contribution in [-0.2, 0) is 6.54 Å². The molecule has 0 saturated heterocycles. The Morgan fingerprint density at radius 2 is 1.84 bits per heavy atom. The van der Waals surface area contributed by atoms with Gasteiger partial charge in [0.25, 0.3) is 0 Å². The molecule has 0 fully saturated rings. The summed E-state index contributed by atoms with van der Waals surface area (Å²) in [7, 11) is 1.67. The molecule has 1 aromatic heterocycles. The molecule has 0 aliphatic carbocycles. The van der Waals surface area contributed by atoms with Crippen molar-refractivity contribution in [1.29, 1.82) is 0 Å². The molecule has 1 heterocycles. The smallest absolute Gasteiger partial charge is 0.142 e. The minimum atomic E-state index is 0.382. The van der Waals surface area contributed by atoms with Crippen molar-refractivity contribution in [3.63, 3.8) is 0 Å². The van der Waals surface area contributed by atoms with Gasteiger partial charge in [0.2, 0.25) is 0 Å². The number of imidazole rings is 1. The molecule has 3 aromatic rings. The second-order valence-corrected chi connectivity index (χ2v) is 4.23. The molecule has 0 aliphatic rings. The Labute approximate surface area is 111 Å². The highest BCUT2D eigenvalue weighted by Gasteiger charge is 2.13. The van der Waals surface area contributed by atoms with Crippen LogP contribution in [0.15, 0.2) is 48.5 Å². The summed E-state index contributed by atoms with van der Waals surface area (Å²) in [6.45, 7) is 0.382. The topological polar surface area (TPSA) is 53.1 Å². The van der Waals surface area contributed by atoms with Gasteiger partial charge in [0.05, 0.1) is 30.4 Å². The number of benzene rings is 2. The van der Waals surface area contributed by atoms with Gasteiger partial charge in [-0.1, -0.05) is 24.3 Å². The summed E-state index contributed by atoms with van der Waals surface area (Å²) in [5.74, 6) is 1.63. The first-order valence-corrected chi connectivity index (χ1v) is 6.15. The number of ether oxygens (including phenoxy) is 1. The molecule has 0 atom stereocenters. The van der Waals surface area contributed by atoms with E-state index in [9.17, 15) is 0 Å². The fraction of sp³-hybridized carbons (Fsp3) is 0.133. The Kier molecular flexibility index (Phi) is 2.93. The first-order valence-electron chi connectivity index (χ1n) is 6.15. The standard InChI is InChI=1S/C15H15N3O/c1-19-14-9-5-4-8-13(14)18-12-7-3-2-6-11(12)17-15(18)10-16/h2-9H,10,16H2,1H3. The van der Waals surface area contributed by atoms with Crippen LogP contribution in [0, 0.1) is 0 Å². The average Bonchev–Trinajstić information content (AvgIpc) is 2.85. The monoisotopic (exact) mass is 253 g/mol. The van der Waals surface area contributed by atoms with Crippen LogP contribution in [0.1, 0.15) is 5.82 Å². The van der Waals surface area contributed by atoms with E-state index < -0.39 is 0 Å². The minimum absolute atomic E-state index is 0.382. The number of hydrogen-bond acceptors (Lipinski definition) is 3. The zero-order valence-electron chi connectivity index (χ0n) is 10.7. The Bertz CT molecular complexity index is 718. The fourth-order valence-corrected chi connectivity index (χ4v) is 2.30. The maximum Gasteiger partial charge on any atom is 0.142 e. The van der Waals surface area contributed by atoms with Gasteiger partial charge in [0.1, 0.15) is 11.6 Å². The lowest BCUT2D eigenvalue weighted by Crippen LogP contribution is -2.07. The molecule has 0 spiro atoms. The summed E-state index contributed by atoms with van der Waals surface area (Å²) >= 11 is 0. The van der Waals surface area contributed by atoms with Crippen molar-refractivity contribution < 1.29 is 4.74 Å². The van der Waals surface area contributed by atoms with Crippen LogP contribution in [0.2, 0.25) is 0 Å². The van der Waals surface area contributed by atoms with Gasteiger partial charge in [-0.25, -0.2) is 4.98 Å². The Morgan fingerprint density at radius 3 is 2.63 bits per heavy atom. The van der Waals surface area contributed by atoms with Crippen LogP contribution >= 0.6 is 0 Å². The SMILES string of the molecule is COc1ccccc1-n1c(CN)nc2ccccc21. The van der Waals surface area contributed by atoms with E-state index in [1.54, 1.807) is 7.11 Å². The quantitative estimate of drug-likeness (QED) is 0.780. The predicted octanol–water partition coefficient (Wildman–Crippen LogP) is 2.49. The highest BCUT2D eigenvalue weighted by Crippen LogP contribution is 2.27. The van der Waals surface area contributed by atoms with E-state index in [0.717, 1.165) is 28.3 Å². The van der Waals surface area contributed by atoms with E-state index in [2.05, 4.69) is 4.98 Å². The molecular formula is C15H15N3O. The van der Waals surface area contributed by atoms with Crippen molar-refractivity contribution in [3.8, 4) is 11.4 Å². The molecule has 0 saturated carbocycles. The van der Waals surface area contributed by atoms with E-state index in [1.165, 1.54) is 0 Å². The minimum Gasteiger partial charge on any atom is -0.495 e. The van der Waals surface area contributed by atoms with Gasteiger partial charge in [0, 0.05) is 0 Å². The first-order chi connectivity index (χ1) is 9.35. The van der Waals surface area contributed by atoms with Crippen molar-refractivity contribution in [1.82, 2.24) is 9.55 Å². The third-order valence-corrected chi connectivity index (χ3v) is 3.14. The predicted molar refractivity (Wildman–Crippen MR) is 75.5 cm³/mol. The highest BCUT2D eigenvalue weighted by atomic mass is 16.5. The number of aromatic nitrogens is 2. The summed E-state index contributed by atoms with van der Waals surface area (Å²) in [5, 5.41) is 0. The maximum absolute atomic E-state index is 5.82. The molecular weight excluding hydrogens is 238 g/mol. The van der Waals surface area contributed by atoms with Gasteiger partial charge < -0.3 is 10.5 Å². The lowest BCUT2D eigenvalue weighted by atomic mass is 10.2. The van der Waals surface area contributed by atoms with E-state index in [-0.39, 0.29) is 0 Å². The summed E-state index contributed by atoms with van der Waals surface area (Å²) in [4.78, 5) is 4.57. The maximum atomic E-state index is 5.82. The van der Waals surface area contributed by atoms with Gasteiger partial charge in [-0.2, -0.15) is 0 Å². The van der Waals surface area contributed by atoms with Gasteiger partial charge in [-0.3, -0.25) is 4.57 Å². The molecule has 0 bridgehead atoms. The van der Waals surface area contributed by atoms with Crippen LogP contribution in [0.4, 0.5) is 0 Å². The number of nitrogens with two attached hydrogens (primary N) is 1. The van der Waals surface area contributed by atoms with Crippen molar-refractivity contribution in [2.45, 2.75) is 6.54 Å². The highest BCUT2D eigenvalue weighted by molar-refractivity contribution is 5.79. The Hall–Kier alpha value is -2.33. The zero-order chi connectivity index (χ0) is 13.2. The van der Waals surface area contributed by atoms with Gasteiger partial charge >= 0.3 is 0 Å². The lowest BCUT2D eigenvalue weighted by molar-refractivity contribution is 0.413. The van der Waals surface area contributed by atoms with Crippen molar-refractivity contribution >= 4 is 11.0 Å². The summed E-state index contributed by atoms with van der Waals surface area (Å²) in [5.41, 5.74) is 8.75.